The van der Waals surface area contributed by atoms with Crippen molar-refractivity contribution in [2.75, 3.05) is 20.3 Å². The molecule has 6 nitrogen and oxygen atoms in total. The minimum atomic E-state index is -0.507. The van der Waals surface area contributed by atoms with E-state index in [1.54, 1.807) is 25.3 Å². The largest absolute Gasteiger partial charge is 0.461 e. The van der Waals surface area contributed by atoms with Gasteiger partial charge >= 0.3 is 11.9 Å². The molecule has 1 rings (SSSR count). The van der Waals surface area contributed by atoms with Gasteiger partial charge < -0.3 is 14.2 Å². The molecule has 164 valence electrons. The van der Waals surface area contributed by atoms with E-state index >= 15 is 0 Å². The minimum absolute atomic E-state index is 0.134. The topological polar surface area (TPSA) is 74.7 Å². The Kier molecular flexibility index (Phi) is 13.8. The van der Waals surface area contributed by atoms with Crippen LogP contribution in [0.4, 0.5) is 0 Å². The first-order valence-corrected chi connectivity index (χ1v) is 11.0. The lowest BCUT2D eigenvalue weighted by molar-refractivity contribution is 0.0225. The minimum Gasteiger partial charge on any atom is -0.461 e. The van der Waals surface area contributed by atoms with Crippen LogP contribution in [0.2, 0.25) is 0 Å². The normalized spacial score (nSPS) is 11.8. The molecule has 0 aliphatic heterocycles. The Bertz CT molecular complexity index is 590. The molecule has 0 aliphatic carbocycles. The highest BCUT2D eigenvalue weighted by molar-refractivity contribution is 5.91. The summed E-state index contributed by atoms with van der Waals surface area (Å²) in [7, 11) is 1.67. The molecule has 1 heterocycles. The van der Waals surface area contributed by atoms with Crippen molar-refractivity contribution in [2.24, 2.45) is 0 Å². The number of methoxy groups -OCH3 is 1. The van der Waals surface area contributed by atoms with Gasteiger partial charge in [0.25, 0.3) is 0 Å². The average molecular weight is 408 g/mol. The van der Waals surface area contributed by atoms with Crippen molar-refractivity contribution >= 4 is 11.9 Å². The SMILES string of the molecule is CCCCCCC(CCCOC)OC(=O)c1cccc(C(=O)OCCCCC)n1. The smallest absolute Gasteiger partial charge is 0.357 e. The standard InChI is InChI=1S/C23H37NO5/c1-4-6-8-9-13-19(14-12-17-27-3)29-23(26)21-16-11-15-20(24-21)22(25)28-18-10-7-5-2/h11,15-16,19H,4-10,12-14,17-18H2,1-3H3. The van der Waals surface area contributed by atoms with Gasteiger partial charge in [0.15, 0.2) is 0 Å². The van der Waals surface area contributed by atoms with Crippen molar-refractivity contribution in [2.45, 2.75) is 84.2 Å². The van der Waals surface area contributed by atoms with Crippen LogP contribution < -0.4 is 0 Å². The van der Waals surface area contributed by atoms with Crippen LogP contribution in [0, 0.1) is 0 Å². The molecule has 29 heavy (non-hydrogen) atoms. The second-order valence-corrected chi connectivity index (χ2v) is 7.26. The third kappa shape index (κ3) is 11.0. The highest BCUT2D eigenvalue weighted by atomic mass is 16.5. The van der Waals surface area contributed by atoms with Crippen LogP contribution >= 0.6 is 0 Å². The van der Waals surface area contributed by atoms with Gasteiger partial charge in [0.2, 0.25) is 0 Å². The maximum atomic E-state index is 12.6. The molecule has 0 amide bonds. The van der Waals surface area contributed by atoms with Gasteiger partial charge in [-0.3, -0.25) is 0 Å². The molecule has 0 fully saturated rings. The fourth-order valence-electron chi connectivity index (χ4n) is 2.98. The van der Waals surface area contributed by atoms with Crippen molar-refractivity contribution in [1.82, 2.24) is 4.98 Å². The fraction of sp³-hybridized carbons (Fsp3) is 0.696. The predicted octanol–water partition coefficient (Wildman–Crippen LogP) is 5.35. The van der Waals surface area contributed by atoms with Gasteiger partial charge in [-0.2, -0.15) is 0 Å². The molecule has 1 unspecified atom stereocenters. The summed E-state index contributed by atoms with van der Waals surface area (Å²) in [4.78, 5) is 28.9. The number of unbranched alkanes of at least 4 members (excludes halogenated alkanes) is 5. The second kappa shape index (κ2) is 15.9. The Morgan fingerprint density at radius 1 is 0.862 bits per heavy atom. The van der Waals surface area contributed by atoms with E-state index in [0.717, 1.165) is 51.4 Å². The van der Waals surface area contributed by atoms with Crippen LogP contribution in [0.1, 0.15) is 99.0 Å². The predicted molar refractivity (Wildman–Crippen MR) is 113 cm³/mol. The Labute approximate surface area is 175 Å². The van der Waals surface area contributed by atoms with Gasteiger partial charge in [-0.05, 0) is 44.2 Å². The van der Waals surface area contributed by atoms with Gasteiger partial charge in [0.05, 0.1) is 6.61 Å². The van der Waals surface area contributed by atoms with Gasteiger partial charge in [-0.15, -0.1) is 0 Å². The molecule has 0 radical (unpaired) electrons. The summed E-state index contributed by atoms with van der Waals surface area (Å²) in [5, 5.41) is 0. The third-order valence-corrected chi connectivity index (χ3v) is 4.68. The van der Waals surface area contributed by atoms with Gasteiger partial charge in [-0.25, -0.2) is 14.6 Å². The summed E-state index contributed by atoms with van der Waals surface area (Å²) in [6.07, 6.45) is 9.65. The van der Waals surface area contributed by atoms with Crippen LogP contribution in [0.15, 0.2) is 18.2 Å². The van der Waals surface area contributed by atoms with Crippen LogP contribution in [0.5, 0.6) is 0 Å². The fourth-order valence-corrected chi connectivity index (χ4v) is 2.98. The zero-order valence-corrected chi connectivity index (χ0v) is 18.3. The maximum absolute atomic E-state index is 12.6. The van der Waals surface area contributed by atoms with E-state index in [-0.39, 0.29) is 17.5 Å². The maximum Gasteiger partial charge on any atom is 0.357 e. The molecule has 1 aromatic rings. The number of pyridine rings is 1. The van der Waals surface area contributed by atoms with E-state index in [2.05, 4.69) is 18.8 Å². The van der Waals surface area contributed by atoms with Crippen LogP contribution in [0.3, 0.4) is 0 Å². The molecule has 0 spiro atoms. The lowest BCUT2D eigenvalue weighted by atomic mass is 10.1. The first kappa shape index (κ1) is 25.1. The Hall–Kier alpha value is -1.95. The monoisotopic (exact) mass is 407 g/mol. The highest BCUT2D eigenvalue weighted by Crippen LogP contribution is 2.15. The first-order valence-electron chi connectivity index (χ1n) is 11.0. The number of carbonyl (C=O) groups is 2. The van der Waals surface area contributed by atoms with Crippen molar-refractivity contribution in [3.63, 3.8) is 0 Å². The van der Waals surface area contributed by atoms with E-state index in [1.165, 1.54) is 12.8 Å². The van der Waals surface area contributed by atoms with E-state index in [0.29, 0.717) is 13.2 Å². The number of esters is 2. The molecule has 1 aromatic heterocycles. The van der Waals surface area contributed by atoms with Gasteiger partial charge in [-0.1, -0.05) is 52.0 Å². The Balaban J connectivity index is 2.64. The zero-order valence-electron chi connectivity index (χ0n) is 18.3. The number of hydrogen-bond acceptors (Lipinski definition) is 6. The first-order chi connectivity index (χ1) is 14.1. The molecule has 6 heteroatoms. The number of aromatic nitrogens is 1. The van der Waals surface area contributed by atoms with E-state index in [4.69, 9.17) is 14.2 Å². The summed E-state index contributed by atoms with van der Waals surface area (Å²) in [6.45, 7) is 5.26. The van der Waals surface area contributed by atoms with Crippen LogP contribution in [0.25, 0.3) is 0 Å². The molecule has 0 aliphatic rings. The quantitative estimate of drug-likeness (QED) is 0.272. The summed E-state index contributed by atoms with van der Waals surface area (Å²) < 4.78 is 16.0. The Morgan fingerprint density at radius 2 is 1.52 bits per heavy atom. The number of ether oxygens (including phenoxy) is 3. The number of hydrogen-bond donors (Lipinski definition) is 0. The average Bonchev–Trinajstić information content (AvgIpc) is 2.74. The lowest BCUT2D eigenvalue weighted by Crippen LogP contribution is -2.21. The van der Waals surface area contributed by atoms with E-state index < -0.39 is 11.9 Å². The van der Waals surface area contributed by atoms with E-state index in [9.17, 15) is 9.59 Å². The lowest BCUT2D eigenvalue weighted by Gasteiger charge is -2.18. The second-order valence-electron chi connectivity index (χ2n) is 7.26. The van der Waals surface area contributed by atoms with Crippen molar-refractivity contribution in [3.05, 3.63) is 29.6 Å². The van der Waals surface area contributed by atoms with Crippen LogP contribution in [-0.2, 0) is 14.2 Å². The summed E-state index contributed by atoms with van der Waals surface area (Å²) in [5.41, 5.74) is 0.271. The third-order valence-electron chi connectivity index (χ3n) is 4.68. The van der Waals surface area contributed by atoms with Gasteiger partial charge in [0.1, 0.15) is 17.5 Å². The molecule has 1 atom stereocenters. The highest BCUT2D eigenvalue weighted by Gasteiger charge is 2.19. The van der Waals surface area contributed by atoms with Crippen molar-refractivity contribution in [1.29, 1.82) is 0 Å². The summed E-state index contributed by atoms with van der Waals surface area (Å²) in [5.74, 6) is -1.00. The molecular formula is C23H37NO5. The van der Waals surface area contributed by atoms with Crippen LogP contribution in [-0.4, -0.2) is 43.4 Å². The molecule has 0 saturated heterocycles. The Morgan fingerprint density at radius 3 is 2.21 bits per heavy atom. The summed E-state index contributed by atoms with van der Waals surface area (Å²) in [6, 6.07) is 4.76. The number of rotatable bonds is 16. The number of carbonyl (C=O) groups excluding carboxylic acids is 2. The molecule has 0 bridgehead atoms. The van der Waals surface area contributed by atoms with Crippen molar-refractivity contribution < 1.29 is 23.8 Å². The van der Waals surface area contributed by atoms with E-state index in [1.807, 2.05) is 0 Å². The summed E-state index contributed by atoms with van der Waals surface area (Å²) >= 11 is 0. The zero-order chi connectivity index (χ0) is 21.3. The molecule has 0 N–H and O–H groups in total. The molecule has 0 saturated carbocycles. The molecule has 0 aromatic carbocycles. The molecular weight excluding hydrogens is 370 g/mol. The van der Waals surface area contributed by atoms with Gasteiger partial charge in [0, 0.05) is 13.7 Å². The van der Waals surface area contributed by atoms with Crippen molar-refractivity contribution in [3.8, 4) is 0 Å². The number of nitrogens with zero attached hydrogens (tertiary/aromatic N) is 1.